The van der Waals surface area contributed by atoms with Crippen molar-refractivity contribution in [2.45, 2.75) is 12.4 Å². The fourth-order valence-electron chi connectivity index (χ4n) is 2.30. The molecule has 0 aliphatic heterocycles. The van der Waals surface area contributed by atoms with Crippen LogP contribution < -0.4 is 5.32 Å². The molecule has 0 aliphatic carbocycles. The van der Waals surface area contributed by atoms with Crippen molar-refractivity contribution < 1.29 is 31.1 Å². The van der Waals surface area contributed by atoms with Crippen molar-refractivity contribution in [3.8, 4) is 10.6 Å². The number of hydrogen-bond acceptors (Lipinski definition) is 3. The first-order valence-corrected chi connectivity index (χ1v) is 8.49. The van der Waals surface area contributed by atoms with E-state index in [0.29, 0.717) is 16.9 Å². The summed E-state index contributed by atoms with van der Waals surface area (Å²) in [5.74, 6) is -1.10. The zero-order valence-electron chi connectivity index (χ0n) is 13.7. The van der Waals surface area contributed by atoms with Crippen LogP contribution in [0.3, 0.4) is 0 Å². The molecule has 0 radical (unpaired) electrons. The molecule has 0 fully saturated rings. The predicted molar refractivity (Wildman–Crippen MR) is 91.9 cm³/mol. The second kappa shape index (κ2) is 7.27. The number of halogens is 6. The van der Waals surface area contributed by atoms with Gasteiger partial charge in [0.1, 0.15) is 9.88 Å². The normalized spacial score (nSPS) is 12.1. The van der Waals surface area contributed by atoms with Crippen LogP contribution in [0.15, 0.2) is 54.6 Å². The molecule has 28 heavy (non-hydrogen) atoms. The number of carbonyl (C=O) groups excluding carboxylic acids is 1. The standard InChI is InChI=1S/C18H10F6N2OS/c19-17(20,21)11-6-8-12(9-7-11)25-15(27)13-14(18(22,23)24)26-16(28-13)10-4-2-1-3-5-10/h1-9H,(H,25,27). The van der Waals surface area contributed by atoms with E-state index in [9.17, 15) is 31.1 Å². The minimum Gasteiger partial charge on any atom is -0.321 e. The maximum absolute atomic E-state index is 13.3. The Balaban J connectivity index is 1.91. The number of benzene rings is 2. The molecule has 1 heterocycles. The number of amides is 1. The van der Waals surface area contributed by atoms with E-state index < -0.39 is 34.4 Å². The van der Waals surface area contributed by atoms with Crippen molar-refractivity contribution in [1.29, 1.82) is 0 Å². The highest BCUT2D eigenvalue weighted by molar-refractivity contribution is 7.17. The average Bonchev–Trinajstić information content (AvgIpc) is 3.08. The molecule has 0 saturated heterocycles. The number of hydrogen-bond donors (Lipinski definition) is 1. The molecule has 0 aliphatic rings. The fraction of sp³-hybridized carbons (Fsp3) is 0.111. The summed E-state index contributed by atoms with van der Waals surface area (Å²) in [5.41, 5.74) is -1.95. The van der Waals surface area contributed by atoms with Gasteiger partial charge in [0.05, 0.1) is 5.56 Å². The van der Waals surface area contributed by atoms with E-state index in [4.69, 9.17) is 0 Å². The predicted octanol–water partition coefficient (Wildman–Crippen LogP) is 6.10. The highest BCUT2D eigenvalue weighted by Gasteiger charge is 2.40. The molecule has 1 N–H and O–H groups in total. The topological polar surface area (TPSA) is 42.0 Å². The number of nitrogens with one attached hydrogen (secondary N) is 1. The zero-order chi connectivity index (χ0) is 20.5. The van der Waals surface area contributed by atoms with Crippen LogP contribution in [0.25, 0.3) is 10.6 Å². The van der Waals surface area contributed by atoms with Crippen LogP contribution in [0.5, 0.6) is 0 Å². The Morgan fingerprint density at radius 1 is 0.857 bits per heavy atom. The summed E-state index contributed by atoms with van der Waals surface area (Å²) in [6.45, 7) is 0. The highest BCUT2D eigenvalue weighted by Crippen LogP contribution is 2.38. The largest absolute Gasteiger partial charge is 0.435 e. The molecule has 1 amide bonds. The molecule has 10 heteroatoms. The number of rotatable bonds is 3. The van der Waals surface area contributed by atoms with Crippen LogP contribution in [0.4, 0.5) is 32.0 Å². The number of nitrogens with zero attached hydrogens (tertiary/aromatic N) is 1. The minimum absolute atomic E-state index is 0.00509. The van der Waals surface area contributed by atoms with E-state index in [1.54, 1.807) is 30.3 Å². The molecule has 1 aromatic heterocycles. The second-order valence-electron chi connectivity index (χ2n) is 5.59. The zero-order valence-corrected chi connectivity index (χ0v) is 14.5. The van der Waals surface area contributed by atoms with Gasteiger partial charge in [-0.3, -0.25) is 4.79 Å². The molecule has 0 saturated carbocycles. The Morgan fingerprint density at radius 3 is 2.00 bits per heavy atom. The molecule has 2 aromatic carbocycles. The van der Waals surface area contributed by atoms with Crippen molar-refractivity contribution in [3.05, 3.63) is 70.7 Å². The Kier molecular flexibility index (Phi) is 5.16. The smallest absolute Gasteiger partial charge is 0.321 e. The quantitative estimate of drug-likeness (QED) is 0.524. The molecule has 0 spiro atoms. The van der Waals surface area contributed by atoms with Gasteiger partial charge in [0.2, 0.25) is 0 Å². The average molecular weight is 416 g/mol. The maximum Gasteiger partial charge on any atom is 0.435 e. The number of alkyl halides is 6. The maximum atomic E-state index is 13.3. The summed E-state index contributed by atoms with van der Waals surface area (Å²) in [6, 6.07) is 11.4. The van der Waals surface area contributed by atoms with Gasteiger partial charge in [-0.25, -0.2) is 4.98 Å². The van der Waals surface area contributed by atoms with Crippen LogP contribution in [-0.4, -0.2) is 10.9 Å². The van der Waals surface area contributed by atoms with Crippen molar-refractivity contribution >= 4 is 22.9 Å². The van der Waals surface area contributed by atoms with Gasteiger partial charge < -0.3 is 5.32 Å². The number of anilines is 1. The summed E-state index contributed by atoms with van der Waals surface area (Å²) in [5, 5.41) is 2.18. The first kappa shape index (κ1) is 19.9. The van der Waals surface area contributed by atoms with Gasteiger partial charge in [-0.15, -0.1) is 11.3 Å². The van der Waals surface area contributed by atoms with E-state index >= 15 is 0 Å². The van der Waals surface area contributed by atoms with Crippen LogP contribution in [0.1, 0.15) is 20.9 Å². The summed E-state index contributed by atoms with van der Waals surface area (Å²) < 4.78 is 77.6. The molecule has 0 unspecified atom stereocenters. The minimum atomic E-state index is -4.86. The Hall–Kier alpha value is -2.88. The van der Waals surface area contributed by atoms with E-state index in [0.717, 1.165) is 24.3 Å². The van der Waals surface area contributed by atoms with Crippen molar-refractivity contribution in [1.82, 2.24) is 4.98 Å². The lowest BCUT2D eigenvalue weighted by Crippen LogP contribution is -2.17. The number of aromatic nitrogens is 1. The van der Waals surface area contributed by atoms with Gasteiger partial charge in [-0.2, -0.15) is 26.3 Å². The third-order valence-electron chi connectivity index (χ3n) is 3.59. The molecular weight excluding hydrogens is 406 g/mol. The molecule has 146 valence electrons. The van der Waals surface area contributed by atoms with Crippen LogP contribution in [-0.2, 0) is 12.4 Å². The van der Waals surface area contributed by atoms with E-state index in [1.165, 1.54) is 0 Å². The number of thiazole rings is 1. The molecule has 0 bridgehead atoms. The van der Waals surface area contributed by atoms with Crippen molar-refractivity contribution in [2.24, 2.45) is 0 Å². The lowest BCUT2D eigenvalue weighted by Gasteiger charge is -2.09. The summed E-state index contributed by atoms with van der Waals surface area (Å²) in [4.78, 5) is 15.2. The monoisotopic (exact) mass is 416 g/mol. The van der Waals surface area contributed by atoms with E-state index in [2.05, 4.69) is 10.3 Å². The van der Waals surface area contributed by atoms with E-state index in [1.807, 2.05) is 0 Å². The third kappa shape index (κ3) is 4.33. The third-order valence-corrected chi connectivity index (χ3v) is 4.70. The first-order chi connectivity index (χ1) is 13.1. The Labute approximate surface area is 158 Å². The van der Waals surface area contributed by atoms with Crippen molar-refractivity contribution in [2.75, 3.05) is 5.32 Å². The van der Waals surface area contributed by atoms with Crippen LogP contribution >= 0.6 is 11.3 Å². The summed E-state index contributed by atoms with van der Waals surface area (Å²) in [7, 11) is 0. The Bertz CT molecular complexity index is 978. The van der Waals surface area contributed by atoms with Gasteiger partial charge in [-0.05, 0) is 24.3 Å². The molecule has 3 nitrogen and oxygen atoms in total. The van der Waals surface area contributed by atoms with Gasteiger partial charge in [0, 0.05) is 11.3 Å². The fourth-order valence-corrected chi connectivity index (χ4v) is 3.29. The highest BCUT2D eigenvalue weighted by atomic mass is 32.1. The number of carbonyl (C=O) groups is 1. The van der Waals surface area contributed by atoms with Crippen LogP contribution in [0.2, 0.25) is 0 Å². The van der Waals surface area contributed by atoms with Gasteiger partial charge in [0.25, 0.3) is 5.91 Å². The molecular formula is C18H10F6N2OS. The van der Waals surface area contributed by atoms with E-state index in [-0.39, 0.29) is 10.7 Å². The molecule has 3 rings (SSSR count). The van der Waals surface area contributed by atoms with Gasteiger partial charge >= 0.3 is 12.4 Å². The first-order valence-electron chi connectivity index (χ1n) is 7.68. The second-order valence-corrected chi connectivity index (χ2v) is 6.59. The van der Waals surface area contributed by atoms with Crippen molar-refractivity contribution in [3.63, 3.8) is 0 Å². The molecule has 0 atom stereocenters. The Morgan fingerprint density at radius 2 is 1.46 bits per heavy atom. The van der Waals surface area contributed by atoms with Gasteiger partial charge in [-0.1, -0.05) is 30.3 Å². The lowest BCUT2D eigenvalue weighted by atomic mass is 10.2. The van der Waals surface area contributed by atoms with Gasteiger partial charge in [0.15, 0.2) is 5.69 Å². The summed E-state index contributed by atoms with van der Waals surface area (Å²) in [6.07, 6.45) is -9.43. The SMILES string of the molecule is O=C(Nc1ccc(C(F)(F)F)cc1)c1sc(-c2ccccc2)nc1C(F)(F)F. The lowest BCUT2D eigenvalue weighted by molar-refractivity contribution is -0.141. The summed E-state index contributed by atoms with van der Waals surface area (Å²) >= 11 is 0.551. The molecule has 3 aromatic rings. The van der Waals surface area contributed by atoms with Crippen LogP contribution in [0, 0.1) is 0 Å².